The van der Waals surface area contributed by atoms with E-state index in [0.29, 0.717) is 19.6 Å². The fourth-order valence-electron chi connectivity index (χ4n) is 2.57. The van der Waals surface area contributed by atoms with Gasteiger partial charge in [0, 0.05) is 24.6 Å². The highest BCUT2D eigenvalue weighted by atomic mass is 16.5. The summed E-state index contributed by atoms with van der Waals surface area (Å²) in [4.78, 5) is 11.4. The van der Waals surface area contributed by atoms with E-state index in [0.717, 1.165) is 17.7 Å². The van der Waals surface area contributed by atoms with Crippen molar-refractivity contribution in [3.8, 4) is 5.75 Å². The highest BCUT2D eigenvalue weighted by molar-refractivity contribution is 5.69. The molecule has 20 heavy (non-hydrogen) atoms. The Hall–Kier alpha value is -1.55. The summed E-state index contributed by atoms with van der Waals surface area (Å²) in [6.45, 7) is 7.05. The van der Waals surface area contributed by atoms with E-state index in [1.165, 1.54) is 0 Å². The number of hydrogen-bond donors (Lipinski definition) is 1. The predicted octanol–water partition coefficient (Wildman–Crippen LogP) is 2.83. The van der Waals surface area contributed by atoms with Gasteiger partial charge < -0.3 is 14.8 Å². The van der Waals surface area contributed by atoms with Crippen LogP contribution >= 0.6 is 0 Å². The minimum Gasteiger partial charge on any atom is -0.487 e. The van der Waals surface area contributed by atoms with Gasteiger partial charge in [-0.05, 0) is 26.8 Å². The van der Waals surface area contributed by atoms with Gasteiger partial charge in [-0.1, -0.05) is 18.2 Å². The lowest BCUT2D eigenvalue weighted by Gasteiger charge is -2.38. The lowest BCUT2D eigenvalue weighted by atomic mass is 9.89. The van der Waals surface area contributed by atoms with Crippen LogP contribution in [0.3, 0.4) is 0 Å². The van der Waals surface area contributed by atoms with E-state index >= 15 is 0 Å². The molecule has 110 valence electrons. The van der Waals surface area contributed by atoms with Crippen molar-refractivity contribution >= 4 is 5.97 Å². The number of benzene rings is 1. The van der Waals surface area contributed by atoms with E-state index in [1.54, 1.807) is 0 Å². The van der Waals surface area contributed by atoms with Crippen molar-refractivity contribution in [1.29, 1.82) is 0 Å². The zero-order chi connectivity index (χ0) is 14.6. The monoisotopic (exact) mass is 277 g/mol. The summed E-state index contributed by atoms with van der Waals surface area (Å²) in [6.07, 6.45) is 1.28. The summed E-state index contributed by atoms with van der Waals surface area (Å²) in [5.74, 6) is 0.775. The molecule has 1 heterocycles. The molecule has 0 spiro atoms. The second kappa shape index (κ2) is 6.27. The summed E-state index contributed by atoms with van der Waals surface area (Å²) >= 11 is 0. The Kier molecular flexibility index (Phi) is 4.65. The zero-order valence-electron chi connectivity index (χ0n) is 12.4. The molecule has 1 aliphatic heterocycles. The van der Waals surface area contributed by atoms with Crippen LogP contribution in [0.15, 0.2) is 24.3 Å². The third kappa shape index (κ3) is 3.73. The second-order valence-electron chi connectivity index (χ2n) is 5.67. The summed E-state index contributed by atoms with van der Waals surface area (Å²) in [6, 6.07) is 8.28. The molecule has 1 unspecified atom stereocenters. The molecule has 0 aromatic heterocycles. The molecule has 1 N–H and O–H groups in total. The first-order valence-electron chi connectivity index (χ1n) is 7.19. The third-order valence-electron chi connectivity index (χ3n) is 3.40. The second-order valence-corrected chi connectivity index (χ2v) is 5.67. The largest absolute Gasteiger partial charge is 0.487 e. The van der Waals surface area contributed by atoms with Gasteiger partial charge in [0.15, 0.2) is 0 Å². The number of carbonyl (C=O) groups is 1. The number of para-hydroxylation sites is 1. The molecule has 2 rings (SSSR count). The molecule has 0 aliphatic carbocycles. The number of carbonyl (C=O) groups excluding carboxylic acids is 1. The summed E-state index contributed by atoms with van der Waals surface area (Å²) in [5, 5.41) is 3.44. The van der Waals surface area contributed by atoms with Gasteiger partial charge in [0.05, 0.1) is 13.0 Å². The average molecular weight is 277 g/mol. The average Bonchev–Trinajstić information content (AvgIpc) is 2.37. The van der Waals surface area contributed by atoms with Crippen LogP contribution in [0.2, 0.25) is 0 Å². The minimum atomic E-state index is -0.198. The van der Waals surface area contributed by atoms with Crippen molar-refractivity contribution in [1.82, 2.24) is 5.32 Å². The maximum Gasteiger partial charge on any atom is 0.307 e. The van der Waals surface area contributed by atoms with Crippen LogP contribution in [0.4, 0.5) is 0 Å². The van der Waals surface area contributed by atoms with E-state index in [4.69, 9.17) is 9.47 Å². The number of fused-ring (bicyclic) bond motifs is 1. The molecule has 1 aliphatic rings. The molecular weight excluding hydrogens is 254 g/mol. The number of rotatable bonds is 5. The molecule has 1 aromatic rings. The molecule has 0 amide bonds. The first-order valence-corrected chi connectivity index (χ1v) is 7.19. The third-order valence-corrected chi connectivity index (χ3v) is 3.40. The Morgan fingerprint density at radius 2 is 2.20 bits per heavy atom. The van der Waals surface area contributed by atoms with Crippen LogP contribution in [0.1, 0.15) is 45.2 Å². The van der Waals surface area contributed by atoms with Gasteiger partial charge in [0.1, 0.15) is 11.4 Å². The standard InChI is InChI=1S/C16H23NO3/c1-4-19-15(18)9-10-17-13-11-16(2,3)20-14-8-6-5-7-12(13)14/h5-8,13,17H,4,9-11H2,1-3H3. The van der Waals surface area contributed by atoms with Crippen LogP contribution in [0, 0.1) is 0 Å². The van der Waals surface area contributed by atoms with Gasteiger partial charge in [-0.25, -0.2) is 0 Å². The first kappa shape index (κ1) is 14.9. The van der Waals surface area contributed by atoms with Gasteiger partial charge in [-0.3, -0.25) is 4.79 Å². The van der Waals surface area contributed by atoms with Crippen molar-refractivity contribution < 1.29 is 14.3 Å². The van der Waals surface area contributed by atoms with Gasteiger partial charge >= 0.3 is 5.97 Å². The SMILES string of the molecule is CCOC(=O)CCNC1CC(C)(C)Oc2ccccc21. The fourth-order valence-corrected chi connectivity index (χ4v) is 2.57. The molecular formula is C16H23NO3. The van der Waals surface area contributed by atoms with Crippen LogP contribution in [0.25, 0.3) is 0 Å². The maximum atomic E-state index is 11.4. The van der Waals surface area contributed by atoms with Crippen LogP contribution in [-0.2, 0) is 9.53 Å². The lowest BCUT2D eigenvalue weighted by Crippen LogP contribution is -2.40. The molecule has 0 saturated heterocycles. The van der Waals surface area contributed by atoms with Crippen molar-refractivity contribution in [3.63, 3.8) is 0 Å². The van der Waals surface area contributed by atoms with E-state index in [-0.39, 0.29) is 17.6 Å². The Morgan fingerprint density at radius 1 is 1.45 bits per heavy atom. The summed E-state index contributed by atoms with van der Waals surface area (Å²) in [7, 11) is 0. The van der Waals surface area contributed by atoms with Crippen LogP contribution in [-0.4, -0.2) is 24.7 Å². The molecule has 1 atom stereocenters. The molecule has 0 radical (unpaired) electrons. The van der Waals surface area contributed by atoms with Crippen molar-refractivity contribution in [2.45, 2.75) is 45.3 Å². The van der Waals surface area contributed by atoms with Gasteiger partial charge in [-0.15, -0.1) is 0 Å². The number of nitrogens with one attached hydrogen (secondary N) is 1. The van der Waals surface area contributed by atoms with E-state index < -0.39 is 0 Å². The smallest absolute Gasteiger partial charge is 0.307 e. The zero-order valence-corrected chi connectivity index (χ0v) is 12.4. The predicted molar refractivity (Wildman–Crippen MR) is 77.8 cm³/mol. The maximum absolute atomic E-state index is 11.4. The molecule has 4 heteroatoms. The Bertz CT molecular complexity index is 471. The first-order chi connectivity index (χ1) is 9.52. The minimum absolute atomic E-state index is 0.153. The number of hydrogen-bond acceptors (Lipinski definition) is 4. The number of esters is 1. The van der Waals surface area contributed by atoms with Crippen molar-refractivity contribution in [2.75, 3.05) is 13.2 Å². The Labute approximate surface area is 120 Å². The number of ether oxygens (including phenoxy) is 2. The van der Waals surface area contributed by atoms with Crippen molar-refractivity contribution in [2.24, 2.45) is 0 Å². The van der Waals surface area contributed by atoms with E-state index in [9.17, 15) is 4.79 Å². The quantitative estimate of drug-likeness (QED) is 0.841. The molecule has 0 fully saturated rings. The lowest BCUT2D eigenvalue weighted by molar-refractivity contribution is -0.143. The molecule has 1 aromatic carbocycles. The molecule has 4 nitrogen and oxygen atoms in total. The van der Waals surface area contributed by atoms with E-state index in [1.807, 2.05) is 25.1 Å². The van der Waals surface area contributed by atoms with Gasteiger partial charge in [0.2, 0.25) is 0 Å². The van der Waals surface area contributed by atoms with Gasteiger partial charge in [-0.2, -0.15) is 0 Å². The van der Waals surface area contributed by atoms with Crippen molar-refractivity contribution in [3.05, 3.63) is 29.8 Å². The highest BCUT2D eigenvalue weighted by Gasteiger charge is 2.33. The molecule has 0 bridgehead atoms. The van der Waals surface area contributed by atoms with Gasteiger partial charge in [0.25, 0.3) is 0 Å². The normalized spacial score (nSPS) is 19.9. The van der Waals surface area contributed by atoms with E-state index in [2.05, 4.69) is 25.2 Å². The summed E-state index contributed by atoms with van der Waals surface area (Å²) in [5.41, 5.74) is 0.964. The topological polar surface area (TPSA) is 47.6 Å². The van der Waals surface area contributed by atoms with Crippen LogP contribution < -0.4 is 10.1 Å². The highest BCUT2D eigenvalue weighted by Crippen LogP contribution is 2.39. The summed E-state index contributed by atoms with van der Waals surface area (Å²) < 4.78 is 10.9. The molecule has 0 saturated carbocycles. The Morgan fingerprint density at radius 3 is 2.95 bits per heavy atom. The Balaban J connectivity index is 1.99. The van der Waals surface area contributed by atoms with Crippen LogP contribution in [0.5, 0.6) is 5.75 Å². The fraction of sp³-hybridized carbons (Fsp3) is 0.562.